The van der Waals surface area contributed by atoms with Crippen molar-refractivity contribution in [3.05, 3.63) is 11.9 Å². The number of allylic oxidation sites excluding steroid dienone is 1. The van der Waals surface area contributed by atoms with E-state index in [9.17, 15) is 0 Å². The van der Waals surface area contributed by atoms with Crippen molar-refractivity contribution in [2.45, 2.75) is 52.9 Å². The first-order chi connectivity index (χ1) is 6.35. The molecule has 0 saturated carbocycles. The van der Waals surface area contributed by atoms with Gasteiger partial charge in [-0.1, -0.05) is 59.8 Å². The summed E-state index contributed by atoms with van der Waals surface area (Å²) in [5, 5.41) is 0. The van der Waals surface area contributed by atoms with Gasteiger partial charge in [0.2, 0.25) is 0 Å². The summed E-state index contributed by atoms with van der Waals surface area (Å²) in [6.07, 6.45) is 12.0. The number of rotatable bonds is 8. The van der Waals surface area contributed by atoms with Crippen molar-refractivity contribution in [2.75, 3.05) is 12.3 Å². The van der Waals surface area contributed by atoms with Crippen LogP contribution in [0.2, 0.25) is 0 Å². The second-order valence-corrected chi connectivity index (χ2v) is 6.20. The van der Waals surface area contributed by atoms with Crippen molar-refractivity contribution < 1.29 is 0 Å². The van der Waals surface area contributed by atoms with Gasteiger partial charge in [-0.3, -0.25) is 0 Å². The van der Waals surface area contributed by atoms with Crippen LogP contribution in [0.5, 0.6) is 0 Å². The van der Waals surface area contributed by atoms with Crippen molar-refractivity contribution in [3.8, 4) is 0 Å². The minimum absolute atomic E-state index is 0.239. The molecule has 0 unspecified atom stereocenters. The summed E-state index contributed by atoms with van der Waals surface area (Å²) in [6, 6.07) is 0. The van der Waals surface area contributed by atoms with E-state index in [0.29, 0.717) is 0 Å². The fraction of sp³-hybridized carbons (Fsp3) is 0.833. The molecule has 0 N–H and O–H groups in total. The number of hydrogen-bond acceptors (Lipinski definition) is 0. The number of unbranched alkanes of at least 4 members (excludes halogenated alkanes) is 4. The maximum atomic E-state index is 2.47. The highest BCUT2D eigenvalue weighted by Gasteiger charge is 1.94. The third kappa shape index (κ3) is 8.50. The molecule has 78 valence electrons. The second-order valence-electron chi connectivity index (χ2n) is 3.46. The van der Waals surface area contributed by atoms with Crippen molar-refractivity contribution in [1.29, 1.82) is 0 Å². The van der Waals surface area contributed by atoms with Crippen LogP contribution in [0.1, 0.15) is 52.9 Å². The van der Waals surface area contributed by atoms with E-state index < -0.39 is 0 Å². The highest BCUT2D eigenvalue weighted by molar-refractivity contribution is 7.60. The monoisotopic (exact) mass is 200 g/mol. The zero-order valence-corrected chi connectivity index (χ0v) is 10.4. The number of hydrogen-bond donors (Lipinski definition) is 0. The van der Waals surface area contributed by atoms with E-state index in [0.717, 1.165) is 0 Å². The van der Waals surface area contributed by atoms with Gasteiger partial charge in [-0.05, 0) is 25.2 Å². The molecule has 0 aromatic rings. The average molecular weight is 200 g/mol. The Hall–Kier alpha value is 0.170. The molecule has 0 rings (SSSR count). The van der Waals surface area contributed by atoms with E-state index in [1.165, 1.54) is 44.4 Å². The van der Waals surface area contributed by atoms with Crippen LogP contribution in [0, 0.1) is 0 Å². The molecule has 0 heterocycles. The molecule has 0 aromatic carbocycles. The molecule has 0 atom stereocenters. The van der Waals surface area contributed by atoms with E-state index in [1.54, 1.807) is 0 Å². The molecule has 13 heavy (non-hydrogen) atoms. The summed E-state index contributed by atoms with van der Waals surface area (Å²) in [5.41, 5.74) is 0. The molecular weight excluding hydrogens is 175 g/mol. The van der Waals surface area contributed by atoms with E-state index in [4.69, 9.17) is 0 Å². The lowest BCUT2D eigenvalue weighted by Gasteiger charge is -2.05. The van der Waals surface area contributed by atoms with Gasteiger partial charge in [0.25, 0.3) is 0 Å². The fourth-order valence-electron chi connectivity index (χ4n) is 1.35. The molecule has 0 bridgehead atoms. The van der Waals surface area contributed by atoms with Gasteiger partial charge in [-0.15, -0.1) is 0 Å². The predicted octanol–water partition coefficient (Wildman–Crippen LogP) is 4.99. The molecular formula is C12H25P. The third-order valence-electron chi connectivity index (χ3n) is 2.35. The van der Waals surface area contributed by atoms with Crippen LogP contribution in [0.25, 0.3) is 0 Å². The maximum Gasteiger partial charge on any atom is -0.0320 e. The van der Waals surface area contributed by atoms with Gasteiger partial charge >= 0.3 is 0 Å². The van der Waals surface area contributed by atoms with Crippen molar-refractivity contribution in [1.82, 2.24) is 0 Å². The van der Waals surface area contributed by atoms with Crippen LogP contribution in [0.15, 0.2) is 11.9 Å². The highest BCUT2D eigenvalue weighted by Crippen LogP contribution is 2.35. The van der Waals surface area contributed by atoms with E-state index in [-0.39, 0.29) is 7.92 Å². The van der Waals surface area contributed by atoms with Crippen LogP contribution in [0.4, 0.5) is 0 Å². The van der Waals surface area contributed by atoms with Gasteiger partial charge in [0.15, 0.2) is 0 Å². The molecule has 0 aliphatic rings. The van der Waals surface area contributed by atoms with Crippen LogP contribution in [-0.2, 0) is 0 Å². The van der Waals surface area contributed by atoms with Crippen molar-refractivity contribution >= 4 is 7.92 Å². The molecule has 0 spiro atoms. The molecule has 1 heteroatoms. The van der Waals surface area contributed by atoms with Crippen LogP contribution in [-0.4, -0.2) is 12.3 Å². The lowest BCUT2D eigenvalue weighted by Crippen LogP contribution is -1.78. The smallest absolute Gasteiger partial charge is 0.0320 e. The molecule has 0 aromatic heterocycles. The maximum absolute atomic E-state index is 2.47. The van der Waals surface area contributed by atoms with E-state index in [2.05, 4.69) is 32.7 Å². The second kappa shape index (κ2) is 10.3. The quantitative estimate of drug-likeness (QED) is 0.382. The zero-order chi connectivity index (χ0) is 9.94. The topological polar surface area (TPSA) is 0 Å². The van der Waals surface area contributed by atoms with Crippen molar-refractivity contribution in [3.63, 3.8) is 0 Å². The van der Waals surface area contributed by atoms with Crippen molar-refractivity contribution in [2.24, 2.45) is 0 Å². The largest absolute Gasteiger partial charge is 0.0841 e. The Labute approximate surface area is 85.6 Å². The predicted molar refractivity (Wildman–Crippen MR) is 65.9 cm³/mol. The Bertz CT molecular complexity index is 114. The summed E-state index contributed by atoms with van der Waals surface area (Å²) in [6.45, 7) is 6.87. The van der Waals surface area contributed by atoms with E-state index in [1.807, 2.05) is 0 Å². The molecule has 0 nitrogen and oxygen atoms in total. The standard InChI is InChI=1S/C12H25P/c1-4-7-8-9-10-11-12-13(5-2)6-3/h11-12H,4-10H2,1-3H3/b12-11-. The molecule has 0 saturated heterocycles. The Morgan fingerprint density at radius 2 is 1.62 bits per heavy atom. The Morgan fingerprint density at radius 3 is 2.15 bits per heavy atom. The normalized spacial score (nSPS) is 11.7. The fourth-order valence-corrected chi connectivity index (χ4v) is 2.66. The molecule has 0 amide bonds. The van der Waals surface area contributed by atoms with Crippen LogP contribution >= 0.6 is 7.92 Å². The Kier molecular flexibility index (Phi) is 10.4. The third-order valence-corrected chi connectivity index (χ3v) is 4.61. The Morgan fingerprint density at radius 1 is 0.923 bits per heavy atom. The average Bonchev–Trinajstić information content (AvgIpc) is 2.17. The highest BCUT2D eigenvalue weighted by atomic mass is 31.1. The Balaban J connectivity index is 3.28. The van der Waals surface area contributed by atoms with Crippen LogP contribution < -0.4 is 0 Å². The summed E-state index contributed by atoms with van der Waals surface area (Å²) >= 11 is 0. The first kappa shape index (κ1) is 13.2. The zero-order valence-electron chi connectivity index (χ0n) is 9.55. The lowest BCUT2D eigenvalue weighted by molar-refractivity contribution is 0.675. The van der Waals surface area contributed by atoms with Gasteiger partial charge in [-0.25, -0.2) is 0 Å². The first-order valence-corrected chi connectivity index (χ1v) is 7.53. The minimum atomic E-state index is 0.239. The van der Waals surface area contributed by atoms with Gasteiger partial charge in [0.05, 0.1) is 0 Å². The van der Waals surface area contributed by atoms with Gasteiger partial charge < -0.3 is 0 Å². The molecule has 0 fully saturated rings. The van der Waals surface area contributed by atoms with Gasteiger partial charge in [-0.2, -0.15) is 0 Å². The first-order valence-electron chi connectivity index (χ1n) is 5.75. The molecule has 0 radical (unpaired) electrons. The van der Waals surface area contributed by atoms with E-state index >= 15 is 0 Å². The molecule has 0 aliphatic heterocycles. The lowest BCUT2D eigenvalue weighted by atomic mass is 10.2. The van der Waals surface area contributed by atoms with Gasteiger partial charge in [0.1, 0.15) is 0 Å². The summed E-state index contributed by atoms with van der Waals surface area (Å²) < 4.78 is 0. The summed E-state index contributed by atoms with van der Waals surface area (Å²) in [4.78, 5) is 0. The van der Waals surface area contributed by atoms with Gasteiger partial charge in [0, 0.05) is 0 Å². The SMILES string of the molecule is CCCCCC/C=C\P(CC)CC. The van der Waals surface area contributed by atoms with Crippen LogP contribution in [0.3, 0.4) is 0 Å². The summed E-state index contributed by atoms with van der Waals surface area (Å²) in [7, 11) is 0.239. The summed E-state index contributed by atoms with van der Waals surface area (Å²) in [5.74, 6) is 2.47. The minimum Gasteiger partial charge on any atom is -0.0841 e. The molecule has 0 aliphatic carbocycles.